The summed E-state index contributed by atoms with van der Waals surface area (Å²) in [6.07, 6.45) is 0. The van der Waals surface area contributed by atoms with Crippen LogP contribution in [0.3, 0.4) is 0 Å². The molecule has 0 aromatic heterocycles. The van der Waals surface area contributed by atoms with Crippen molar-refractivity contribution in [3.05, 3.63) is 65.2 Å². The molecule has 0 unspecified atom stereocenters. The molecule has 2 aromatic rings. The van der Waals surface area contributed by atoms with Crippen LogP contribution in [0, 0.1) is 6.92 Å². The van der Waals surface area contributed by atoms with Crippen molar-refractivity contribution >= 4 is 38.4 Å². The predicted octanol–water partition coefficient (Wildman–Crippen LogP) is 3.21. The molecule has 1 saturated heterocycles. The zero-order chi connectivity index (χ0) is 21.3. The van der Waals surface area contributed by atoms with Gasteiger partial charge >= 0.3 is 0 Å². The number of amidine groups is 1. The van der Waals surface area contributed by atoms with Crippen molar-refractivity contribution in [1.82, 2.24) is 5.32 Å². The van der Waals surface area contributed by atoms with Crippen molar-refractivity contribution in [3.63, 3.8) is 0 Å². The Morgan fingerprint density at radius 3 is 2.70 bits per heavy atom. The number of hydrogen-bond donors (Lipinski definition) is 2. The number of sulfone groups is 1. The maximum absolute atomic E-state index is 12.7. The van der Waals surface area contributed by atoms with Crippen molar-refractivity contribution in [1.29, 1.82) is 0 Å². The van der Waals surface area contributed by atoms with Gasteiger partial charge in [-0.25, -0.2) is 8.42 Å². The molecule has 4 rings (SSSR count). The van der Waals surface area contributed by atoms with E-state index < -0.39 is 9.84 Å². The van der Waals surface area contributed by atoms with Crippen LogP contribution in [-0.2, 0) is 9.84 Å². The Hall–Kier alpha value is -2.32. The van der Waals surface area contributed by atoms with E-state index in [1.54, 1.807) is 0 Å². The first-order valence-corrected chi connectivity index (χ1v) is 12.7. The minimum atomic E-state index is -2.97. The van der Waals surface area contributed by atoms with Crippen LogP contribution in [0.5, 0.6) is 0 Å². The molecule has 8 heteroatoms. The smallest absolute Gasteiger partial charge is 0.251 e. The fourth-order valence-electron chi connectivity index (χ4n) is 3.68. The van der Waals surface area contributed by atoms with E-state index in [0.29, 0.717) is 12.1 Å². The zero-order valence-corrected chi connectivity index (χ0v) is 18.6. The summed E-state index contributed by atoms with van der Waals surface area (Å²) < 4.78 is 23.5. The van der Waals surface area contributed by atoms with Gasteiger partial charge in [0.05, 0.1) is 17.5 Å². The molecule has 2 heterocycles. The van der Waals surface area contributed by atoms with E-state index in [1.807, 2.05) is 43.3 Å². The minimum absolute atomic E-state index is 0.0104. The van der Waals surface area contributed by atoms with Gasteiger partial charge in [0.15, 0.2) is 15.0 Å². The molecule has 30 heavy (non-hydrogen) atoms. The highest BCUT2D eigenvalue weighted by Crippen LogP contribution is 2.35. The van der Waals surface area contributed by atoms with Gasteiger partial charge in [0.1, 0.15) is 0 Å². The first kappa shape index (κ1) is 20.9. The fourth-order valence-corrected chi connectivity index (χ4v) is 7.34. The highest BCUT2D eigenvalue weighted by molar-refractivity contribution is 8.15. The summed E-state index contributed by atoms with van der Waals surface area (Å²) in [7, 11) is -2.97. The average molecular weight is 444 g/mol. The van der Waals surface area contributed by atoms with E-state index in [4.69, 9.17) is 0 Å². The quantitative estimate of drug-likeness (QED) is 0.741. The molecule has 0 aliphatic carbocycles. The lowest BCUT2D eigenvalue weighted by molar-refractivity contribution is 0.0951. The van der Waals surface area contributed by atoms with Gasteiger partial charge in [0, 0.05) is 23.0 Å². The summed E-state index contributed by atoms with van der Waals surface area (Å²) in [5.41, 5.74) is 3.58. The number of carbonyl (C=O) groups excluding carboxylic acids is 1. The molecule has 158 valence electrons. The molecule has 2 N–H and O–H groups in total. The Morgan fingerprint density at radius 1 is 1.20 bits per heavy atom. The molecule has 0 spiro atoms. The molecular weight excluding hydrogens is 418 g/mol. The van der Waals surface area contributed by atoms with Gasteiger partial charge in [-0.2, -0.15) is 0 Å². The van der Waals surface area contributed by atoms with Gasteiger partial charge in [-0.3, -0.25) is 9.79 Å². The lowest BCUT2D eigenvalue weighted by Gasteiger charge is -2.15. The molecule has 0 saturated carbocycles. The van der Waals surface area contributed by atoms with Crippen LogP contribution in [0.2, 0.25) is 0 Å². The number of nitrogens with zero attached hydrogens (tertiary/aromatic N) is 1. The number of fused-ring (bicyclic) bond motifs is 1. The third kappa shape index (κ3) is 4.70. The predicted molar refractivity (Wildman–Crippen MR) is 123 cm³/mol. The summed E-state index contributed by atoms with van der Waals surface area (Å²) in [4.78, 5) is 17.2. The Kier molecular flexibility index (Phi) is 5.88. The van der Waals surface area contributed by atoms with Crippen LogP contribution in [0.15, 0.2) is 53.5 Å². The van der Waals surface area contributed by atoms with Crippen LogP contribution in [0.1, 0.15) is 34.3 Å². The van der Waals surface area contributed by atoms with Gasteiger partial charge in [0.25, 0.3) is 5.91 Å². The van der Waals surface area contributed by atoms with Crippen molar-refractivity contribution in [3.8, 4) is 0 Å². The molecular formula is C22H25N3O3S2. The SMILES string of the molecule is Cc1ccc(C(=O)NC[C@H](C)c2ccccc2)cc1NC1=N[C@H]2CS(=O)(=O)C[C@@H]2S1. The number of thioether (sulfide) groups is 1. The summed E-state index contributed by atoms with van der Waals surface area (Å²) >= 11 is 1.47. The van der Waals surface area contributed by atoms with Crippen LogP contribution in [0.4, 0.5) is 5.69 Å². The molecule has 3 atom stereocenters. The van der Waals surface area contributed by atoms with Crippen LogP contribution in [-0.4, -0.2) is 48.8 Å². The maximum Gasteiger partial charge on any atom is 0.251 e. The van der Waals surface area contributed by atoms with Gasteiger partial charge < -0.3 is 10.6 Å². The van der Waals surface area contributed by atoms with Crippen LogP contribution in [0.25, 0.3) is 0 Å². The van der Waals surface area contributed by atoms with Crippen molar-refractivity contribution in [2.75, 3.05) is 23.4 Å². The number of amides is 1. The number of rotatable bonds is 5. The molecule has 2 aliphatic rings. The second-order valence-corrected chi connectivity index (χ2v) is 11.3. The van der Waals surface area contributed by atoms with Gasteiger partial charge in [-0.15, -0.1) is 0 Å². The number of aliphatic imine (C=N–C) groups is 1. The number of nitrogens with one attached hydrogen (secondary N) is 2. The highest BCUT2D eigenvalue weighted by Gasteiger charge is 2.42. The largest absolute Gasteiger partial charge is 0.351 e. The van der Waals surface area contributed by atoms with E-state index in [0.717, 1.165) is 16.4 Å². The normalized spacial score (nSPS) is 22.8. The molecule has 0 radical (unpaired) electrons. The Morgan fingerprint density at radius 2 is 1.97 bits per heavy atom. The summed E-state index contributed by atoms with van der Waals surface area (Å²) in [6.45, 7) is 4.61. The molecule has 1 amide bonds. The number of carbonyl (C=O) groups is 1. The molecule has 2 aliphatic heterocycles. The number of aryl methyl sites for hydroxylation is 1. The topological polar surface area (TPSA) is 87.6 Å². The molecule has 1 fully saturated rings. The summed E-state index contributed by atoms with van der Waals surface area (Å²) in [6, 6.07) is 15.5. The number of hydrogen-bond acceptors (Lipinski definition) is 6. The molecule has 0 bridgehead atoms. The summed E-state index contributed by atoms with van der Waals surface area (Å²) in [5.74, 6) is 0.400. The van der Waals surface area contributed by atoms with Gasteiger partial charge in [-0.05, 0) is 36.1 Å². The molecule has 2 aromatic carbocycles. The minimum Gasteiger partial charge on any atom is -0.351 e. The monoisotopic (exact) mass is 443 g/mol. The van der Waals surface area contributed by atoms with E-state index in [2.05, 4.69) is 34.7 Å². The first-order valence-electron chi connectivity index (χ1n) is 9.96. The lowest BCUT2D eigenvalue weighted by Crippen LogP contribution is -2.27. The second-order valence-electron chi connectivity index (χ2n) is 7.91. The number of benzene rings is 2. The second kappa shape index (κ2) is 8.43. The Bertz CT molecular complexity index is 1080. The zero-order valence-electron chi connectivity index (χ0n) is 17.0. The van der Waals surface area contributed by atoms with E-state index in [-0.39, 0.29) is 34.6 Å². The van der Waals surface area contributed by atoms with Gasteiger partial charge in [-0.1, -0.05) is 55.1 Å². The van der Waals surface area contributed by atoms with Crippen LogP contribution < -0.4 is 10.6 Å². The van der Waals surface area contributed by atoms with E-state index in [9.17, 15) is 13.2 Å². The molecule has 6 nitrogen and oxygen atoms in total. The summed E-state index contributed by atoms with van der Waals surface area (Å²) in [5, 5.41) is 7.01. The van der Waals surface area contributed by atoms with E-state index in [1.165, 1.54) is 17.3 Å². The third-order valence-corrected chi connectivity index (χ3v) is 8.64. The maximum atomic E-state index is 12.7. The average Bonchev–Trinajstić information content (AvgIpc) is 3.20. The fraction of sp³-hybridized carbons (Fsp3) is 0.364. The van der Waals surface area contributed by atoms with Crippen molar-refractivity contribution in [2.45, 2.75) is 31.1 Å². The standard InChI is InChI=1S/C22H25N3O3S2/c1-14-8-9-17(21(26)23-11-15(2)16-6-4-3-5-7-16)10-18(14)24-22-25-19-12-30(27,28)13-20(19)29-22/h3-10,15,19-20H,11-13H2,1-2H3,(H,23,26)(H,24,25)/t15-,19-,20-/m0/s1. The van der Waals surface area contributed by atoms with Crippen molar-refractivity contribution < 1.29 is 13.2 Å². The Balaban J connectivity index is 1.40. The van der Waals surface area contributed by atoms with Crippen molar-refractivity contribution in [2.24, 2.45) is 4.99 Å². The third-order valence-electron chi connectivity index (χ3n) is 5.50. The highest BCUT2D eigenvalue weighted by atomic mass is 32.2. The van der Waals surface area contributed by atoms with Gasteiger partial charge in [0.2, 0.25) is 0 Å². The van der Waals surface area contributed by atoms with E-state index >= 15 is 0 Å². The lowest BCUT2D eigenvalue weighted by atomic mass is 10.0. The Labute approximate surface area is 181 Å². The number of anilines is 1. The van der Waals surface area contributed by atoms with Crippen LogP contribution >= 0.6 is 11.8 Å². The first-order chi connectivity index (χ1) is 14.3.